The molecule has 0 aliphatic carbocycles. The van der Waals surface area contributed by atoms with Crippen molar-refractivity contribution in [2.45, 2.75) is 32.4 Å². The van der Waals surface area contributed by atoms with Gasteiger partial charge in [-0.1, -0.05) is 11.6 Å². The van der Waals surface area contributed by atoms with Crippen LogP contribution in [0.25, 0.3) is 17.1 Å². The van der Waals surface area contributed by atoms with Crippen LogP contribution in [0.4, 0.5) is 10.1 Å². The predicted octanol–water partition coefficient (Wildman–Crippen LogP) is 4.28. The largest absolute Gasteiger partial charge is 0.356 e. The third kappa shape index (κ3) is 4.28. The molecule has 9 heteroatoms. The highest BCUT2D eigenvalue weighted by Crippen LogP contribution is 2.26. The molecule has 0 bridgehead atoms. The molecule has 1 saturated heterocycles. The third-order valence-electron chi connectivity index (χ3n) is 4.68. The zero-order valence-electron chi connectivity index (χ0n) is 15.7. The number of aryl methyl sites for hydroxylation is 1. The van der Waals surface area contributed by atoms with Gasteiger partial charge >= 0.3 is 0 Å². The predicted molar refractivity (Wildman–Crippen MR) is 108 cm³/mol. The molecule has 7 nitrogen and oxygen atoms in total. The summed E-state index contributed by atoms with van der Waals surface area (Å²) in [4.78, 5) is 20.7. The van der Waals surface area contributed by atoms with Crippen LogP contribution in [0, 0.1) is 12.7 Å². The van der Waals surface area contributed by atoms with E-state index in [1.807, 2.05) is 0 Å². The van der Waals surface area contributed by atoms with Crippen LogP contribution < -0.4 is 5.32 Å². The van der Waals surface area contributed by atoms with Gasteiger partial charge < -0.3 is 10.1 Å². The lowest BCUT2D eigenvalue weighted by atomic mass is 10.2. The van der Waals surface area contributed by atoms with Crippen LogP contribution >= 0.6 is 11.6 Å². The monoisotopic (exact) mass is 415 g/mol. The first-order valence-corrected chi connectivity index (χ1v) is 9.65. The molecule has 0 radical (unpaired) electrons. The Morgan fingerprint density at radius 2 is 2.24 bits per heavy atom. The zero-order chi connectivity index (χ0) is 20.4. The van der Waals surface area contributed by atoms with E-state index in [2.05, 4.69) is 20.4 Å². The minimum absolute atomic E-state index is 0.0474. The summed E-state index contributed by atoms with van der Waals surface area (Å²) in [6.07, 6.45) is 8.29. The number of hydrogen-bond acceptors (Lipinski definition) is 5. The fourth-order valence-corrected chi connectivity index (χ4v) is 3.33. The zero-order valence-corrected chi connectivity index (χ0v) is 16.5. The van der Waals surface area contributed by atoms with Gasteiger partial charge in [-0.05, 0) is 44.4 Å². The molecule has 3 aromatic heterocycles. The summed E-state index contributed by atoms with van der Waals surface area (Å²) in [5, 5.41) is 7.98. The number of halogens is 2. The SMILES string of the molecule is Cc1ncc(Cl)cc1NC(=O)/C=C/c1nc2c(cnn2C2CCCCO2)cc1F. The van der Waals surface area contributed by atoms with E-state index in [1.54, 1.807) is 23.9 Å². The molecule has 1 fully saturated rings. The van der Waals surface area contributed by atoms with Gasteiger partial charge in [-0.2, -0.15) is 5.10 Å². The van der Waals surface area contributed by atoms with Crippen LogP contribution in [0.1, 0.15) is 36.9 Å². The molecule has 1 atom stereocenters. The van der Waals surface area contributed by atoms with Crippen molar-refractivity contribution in [3.05, 3.63) is 52.8 Å². The van der Waals surface area contributed by atoms with E-state index in [-0.39, 0.29) is 11.9 Å². The standard InChI is InChI=1S/C20H19ClFN5O2/c1-12-17(9-14(21)11-23-12)25-18(28)6-5-16-15(22)8-13-10-24-27(20(13)26-16)19-4-2-3-7-29-19/h5-6,8-11,19H,2-4,7H2,1H3,(H,25,28)/b6-5+. The minimum atomic E-state index is -0.536. The number of nitrogens with one attached hydrogen (secondary N) is 1. The number of ether oxygens (including phenoxy) is 1. The summed E-state index contributed by atoms with van der Waals surface area (Å²) < 4.78 is 21.9. The highest BCUT2D eigenvalue weighted by molar-refractivity contribution is 6.30. The van der Waals surface area contributed by atoms with E-state index in [4.69, 9.17) is 16.3 Å². The van der Waals surface area contributed by atoms with Gasteiger partial charge in [-0.25, -0.2) is 14.1 Å². The maximum absolute atomic E-state index is 14.4. The molecule has 0 aromatic carbocycles. The molecule has 1 unspecified atom stereocenters. The molecule has 0 saturated carbocycles. The van der Waals surface area contributed by atoms with Crippen molar-refractivity contribution in [2.24, 2.45) is 0 Å². The van der Waals surface area contributed by atoms with Gasteiger partial charge in [-0.15, -0.1) is 0 Å². The first-order valence-electron chi connectivity index (χ1n) is 9.28. The van der Waals surface area contributed by atoms with E-state index in [1.165, 1.54) is 24.4 Å². The smallest absolute Gasteiger partial charge is 0.248 e. The lowest BCUT2D eigenvalue weighted by Gasteiger charge is -2.23. The average Bonchev–Trinajstić information content (AvgIpc) is 3.12. The van der Waals surface area contributed by atoms with Crippen LogP contribution in [0.2, 0.25) is 5.02 Å². The van der Waals surface area contributed by atoms with Gasteiger partial charge in [0.25, 0.3) is 0 Å². The number of nitrogens with zero attached hydrogens (tertiary/aromatic N) is 4. The highest BCUT2D eigenvalue weighted by Gasteiger charge is 2.20. The number of fused-ring (bicyclic) bond motifs is 1. The van der Waals surface area contributed by atoms with Crippen molar-refractivity contribution < 1.29 is 13.9 Å². The van der Waals surface area contributed by atoms with Crippen molar-refractivity contribution >= 4 is 40.3 Å². The van der Waals surface area contributed by atoms with Gasteiger partial charge in [0.1, 0.15) is 11.5 Å². The number of anilines is 1. The Bertz CT molecular complexity index is 1090. The maximum atomic E-state index is 14.4. The third-order valence-corrected chi connectivity index (χ3v) is 4.89. The number of carbonyl (C=O) groups is 1. The van der Waals surface area contributed by atoms with Gasteiger partial charge in [0, 0.05) is 24.3 Å². The first-order chi connectivity index (χ1) is 14.0. The lowest BCUT2D eigenvalue weighted by Crippen LogP contribution is -2.19. The summed E-state index contributed by atoms with van der Waals surface area (Å²) in [6.45, 7) is 2.41. The molecule has 150 valence electrons. The number of rotatable bonds is 4. The molecule has 3 aromatic rings. The van der Waals surface area contributed by atoms with Crippen LogP contribution in [-0.2, 0) is 9.53 Å². The van der Waals surface area contributed by atoms with E-state index in [0.717, 1.165) is 19.3 Å². The summed E-state index contributed by atoms with van der Waals surface area (Å²) in [5.74, 6) is -0.978. The van der Waals surface area contributed by atoms with Crippen molar-refractivity contribution in [3.8, 4) is 0 Å². The Labute approximate surface area is 171 Å². The Balaban J connectivity index is 1.57. The Morgan fingerprint density at radius 1 is 1.38 bits per heavy atom. The number of carbonyl (C=O) groups excluding carboxylic acids is 1. The van der Waals surface area contributed by atoms with Gasteiger partial charge in [-0.3, -0.25) is 9.78 Å². The van der Waals surface area contributed by atoms with Crippen LogP contribution in [-0.4, -0.2) is 32.3 Å². The molecular weight excluding hydrogens is 397 g/mol. The highest BCUT2D eigenvalue weighted by atomic mass is 35.5. The molecule has 0 spiro atoms. The van der Waals surface area contributed by atoms with Crippen molar-refractivity contribution in [3.63, 3.8) is 0 Å². The molecule has 29 heavy (non-hydrogen) atoms. The summed E-state index contributed by atoms with van der Waals surface area (Å²) in [6, 6.07) is 2.96. The number of hydrogen-bond donors (Lipinski definition) is 1. The Kier molecular flexibility index (Phi) is 5.55. The summed E-state index contributed by atoms with van der Waals surface area (Å²) in [5.41, 5.74) is 1.68. The first kappa shape index (κ1) is 19.5. The second-order valence-corrected chi connectivity index (χ2v) is 7.22. The maximum Gasteiger partial charge on any atom is 0.248 e. The fourth-order valence-electron chi connectivity index (χ4n) is 3.17. The van der Waals surface area contributed by atoms with E-state index >= 15 is 0 Å². The number of aromatic nitrogens is 4. The normalized spacial score (nSPS) is 17.1. The van der Waals surface area contributed by atoms with Gasteiger partial charge in [0.15, 0.2) is 11.9 Å². The Morgan fingerprint density at radius 3 is 3.03 bits per heavy atom. The second-order valence-electron chi connectivity index (χ2n) is 6.79. The molecule has 4 rings (SSSR count). The molecular formula is C20H19ClFN5O2. The average molecular weight is 416 g/mol. The molecule has 1 amide bonds. The summed E-state index contributed by atoms with van der Waals surface area (Å²) >= 11 is 5.91. The molecule has 1 aliphatic heterocycles. The van der Waals surface area contributed by atoms with Crippen molar-refractivity contribution in [1.82, 2.24) is 19.7 Å². The summed E-state index contributed by atoms with van der Waals surface area (Å²) in [7, 11) is 0. The van der Waals surface area contributed by atoms with E-state index < -0.39 is 11.7 Å². The molecule has 1 aliphatic rings. The number of amides is 1. The lowest BCUT2D eigenvalue weighted by molar-refractivity contribution is -0.111. The molecule has 4 heterocycles. The van der Waals surface area contributed by atoms with Crippen LogP contribution in [0.3, 0.4) is 0 Å². The Hall–Kier alpha value is -2.84. The van der Waals surface area contributed by atoms with Crippen molar-refractivity contribution in [2.75, 3.05) is 11.9 Å². The van der Waals surface area contributed by atoms with E-state index in [0.29, 0.717) is 34.0 Å². The quantitative estimate of drug-likeness (QED) is 0.643. The van der Waals surface area contributed by atoms with Crippen molar-refractivity contribution in [1.29, 1.82) is 0 Å². The number of pyridine rings is 2. The van der Waals surface area contributed by atoms with Crippen LogP contribution in [0.15, 0.2) is 30.6 Å². The van der Waals surface area contributed by atoms with Gasteiger partial charge in [0.05, 0.1) is 22.6 Å². The van der Waals surface area contributed by atoms with Crippen LogP contribution in [0.5, 0.6) is 0 Å². The topological polar surface area (TPSA) is 81.9 Å². The van der Waals surface area contributed by atoms with Gasteiger partial charge in [0.2, 0.25) is 5.91 Å². The molecule has 1 N–H and O–H groups in total. The van der Waals surface area contributed by atoms with E-state index in [9.17, 15) is 9.18 Å². The second kappa shape index (κ2) is 8.26. The minimum Gasteiger partial charge on any atom is -0.356 e. The fraction of sp³-hybridized carbons (Fsp3) is 0.300.